The Morgan fingerprint density at radius 1 is 1.37 bits per heavy atom. The number of carbonyl (C=O) groups is 1. The highest BCUT2D eigenvalue weighted by Crippen LogP contribution is 2.22. The van der Waals surface area contributed by atoms with E-state index in [4.69, 9.17) is 4.74 Å². The summed E-state index contributed by atoms with van der Waals surface area (Å²) in [5.41, 5.74) is 1.01. The second-order valence-electron chi connectivity index (χ2n) is 5.76. The molecule has 0 fully saturated rings. The van der Waals surface area contributed by atoms with E-state index < -0.39 is 10.8 Å². The van der Waals surface area contributed by atoms with Crippen LogP contribution in [0.5, 0.6) is 0 Å². The smallest absolute Gasteiger partial charge is 0.280 e. The molecule has 0 aliphatic carbocycles. The highest BCUT2D eigenvalue weighted by Gasteiger charge is 2.18. The number of fused-ring (bicyclic) bond motifs is 1. The molecule has 2 aromatic carbocycles. The van der Waals surface area contributed by atoms with E-state index in [9.17, 15) is 19.3 Å². The highest BCUT2D eigenvalue weighted by atomic mass is 32.1. The average Bonchev–Trinajstić information content (AvgIpc) is 2.95. The second kappa shape index (κ2) is 7.77. The van der Waals surface area contributed by atoms with Crippen molar-refractivity contribution in [1.29, 1.82) is 0 Å². The van der Waals surface area contributed by atoms with E-state index in [1.54, 1.807) is 17.7 Å². The number of nitrogens with zero attached hydrogens (tertiary/aromatic N) is 3. The number of thiazole rings is 1. The van der Waals surface area contributed by atoms with Gasteiger partial charge in [0.25, 0.3) is 11.6 Å². The molecule has 0 saturated heterocycles. The number of methoxy groups -OCH3 is 1. The van der Waals surface area contributed by atoms with Crippen LogP contribution in [0.25, 0.3) is 10.2 Å². The molecule has 0 radical (unpaired) electrons. The van der Waals surface area contributed by atoms with E-state index in [0.29, 0.717) is 22.7 Å². The van der Waals surface area contributed by atoms with E-state index in [-0.39, 0.29) is 22.6 Å². The lowest BCUT2D eigenvalue weighted by Crippen LogP contribution is -2.19. The maximum Gasteiger partial charge on any atom is 0.280 e. The van der Waals surface area contributed by atoms with Gasteiger partial charge in [0.2, 0.25) is 0 Å². The standard InChI is InChI=1S/C18H16FN3O4S/c1-11-13(4-3-5-14(11)22(24)25)17(23)20-18-21(8-9-26-2)15-7-6-12(19)10-16(15)27-18/h3-7,10H,8-9H2,1-2H3. The molecule has 3 aromatic rings. The van der Waals surface area contributed by atoms with Crippen LogP contribution >= 0.6 is 11.3 Å². The summed E-state index contributed by atoms with van der Waals surface area (Å²) in [5, 5.41) is 11.1. The number of amides is 1. The maximum atomic E-state index is 13.5. The fourth-order valence-electron chi connectivity index (χ4n) is 2.73. The Morgan fingerprint density at radius 3 is 2.85 bits per heavy atom. The SMILES string of the molecule is COCCn1c(=NC(=O)c2cccc([N+](=O)[O-])c2C)sc2cc(F)ccc21. The summed E-state index contributed by atoms with van der Waals surface area (Å²) in [6.07, 6.45) is 0. The molecule has 0 aliphatic rings. The van der Waals surface area contributed by atoms with Crippen LogP contribution in [0, 0.1) is 22.9 Å². The van der Waals surface area contributed by atoms with Gasteiger partial charge in [-0.05, 0) is 31.2 Å². The topological polar surface area (TPSA) is 86.7 Å². The summed E-state index contributed by atoms with van der Waals surface area (Å²) >= 11 is 1.17. The van der Waals surface area contributed by atoms with Gasteiger partial charge in [-0.25, -0.2) is 4.39 Å². The molecular formula is C18H16FN3O4S. The Morgan fingerprint density at radius 2 is 2.15 bits per heavy atom. The third kappa shape index (κ3) is 3.79. The molecule has 27 heavy (non-hydrogen) atoms. The van der Waals surface area contributed by atoms with Gasteiger partial charge in [0, 0.05) is 25.3 Å². The van der Waals surface area contributed by atoms with Gasteiger partial charge >= 0.3 is 0 Å². The van der Waals surface area contributed by atoms with Crippen molar-refractivity contribution in [2.45, 2.75) is 13.5 Å². The molecule has 0 bridgehead atoms. The minimum Gasteiger partial charge on any atom is -0.383 e. The Kier molecular flexibility index (Phi) is 5.43. The quantitative estimate of drug-likeness (QED) is 0.494. The van der Waals surface area contributed by atoms with Gasteiger partial charge in [0.05, 0.1) is 27.3 Å². The number of nitro benzene ring substituents is 1. The summed E-state index contributed by atoms with van der Waals surface area (Å²) in [6.45, 7) is 2.34. The van der Waals surface area contributed by atoms with Crippen molar-refractivity contribution in [3.8, 4) is 0 Å². The average molecular weight is 389 g/mol. The van der Waals surface area contributed by atoms with Gasteiger partial charge in [-0.1, -0.05) is 17.4 Å². The van der Waals surface area contributed by atoms with Gasteiger partial charge in [-0.2, -0.15) is 4.99 Å². The molecule has 0 spiro atoms. The first-order valence-corrected chi connectivity index (χ1v) is 8.85. The number of nitro groups is 1. The summed E-state index contributed by atoms with van der Waals surface area (Å²) in [4.78, 5) is 27.8. The van der Waals surface area contributed by atoms with Crippen molar-refractivity contribution in [2.24, 2.45) is 4.99 Å². The third-order valence-corrected chi connectivity index (χ3v) is 5.13. The molecule has 0 N–H and O–H groups in total. The van der Waals surface area contributed by atoms with Crippen LogP contribution in [0.1, 0.15) is 15.9 Å². The fraction of sp³-hybridized carbons (Fsp3) is 0.222. The lowest BCUT2D eigenvalue weighted by Gasteiger charge is -2.05. The summed E-state index contributed by atoms with van der Waals surface area (Å²) in [6, 6.07) is 8.64. The van der Waals surface area contributed by atoms with Crippen molar-refractivity contribution in [1.82, 2.24) is 4.57 Å². The first-order chi connectivity index (χ1) is 12.9. The number of carbonyl (C=O) groups excluding carboxylic acids is 1. The van der Waals surface area contributed by atoms with Crippen LogP contribution in [0.15, 0.2) is 41.4 Å². The van der Waals surface area contributed by atoms with Crippen LogP contribution in [-0.4, -0.2) is 29.1 Å². The van der Waals surface area contributed by atoms with Crippen LogP contribution < -0.4 is 4.80 Å². The minimum atomic E-state index is -0.589. The largest absolute Gasteiger partial charge is 0.383 e. The molecule has 1 aromatic heterocycles. The number of hydrogen-bond donors (Lipinski definition) is 0. The molecule has 3 rings (SSSR count). The van der Waals surface area contributed by atoms with Crippen molar-refractivity contribution < 1.29 is 18.8 Å². The fourth-order valence-corrected chi connectivity index (χ4v) is 3.81. The monoisotopic (exact) mass is 389 g/mol. The molecule has 140 valence electrons. The Balaban J connectivity index is 2.14. The van der Waals surface area contributed by atoms with Crippen LogP contribution in [0.3, 0.4) is 0 Å². The van der Waals surface area contributed by atoms with Crippen molar-refractivity contribution in [2.75, 3.05) is 13.7 Å². The van der Waals surface area contributed by atoms with Crippen LogP contribution in [0.2, 0.25) is 0 Å². The van der Waals surface area contributed by atoms with Gasteiger partial charge in [0.15, 0.2) is 4.80 Å². The number of hydrogen-bond acceptors (Lipinski definition) is 5. The Hall–Kier alpha value is -2.91. The molecule has 0 atom stereocenters. The van der Waals surface area contributed by atoms with E-state index in [1.807, 2.05) is 0 Å². The number of rotatable bonds is 5. The van der Waals surface area contributed by atoms with E-state index in [2.05, 4.69) is 4.99 Å². The van der Waals surface area contributed by atoms with Crippen LogP contribution in [0.4, 0.5) is 10.1 Å². The lowest BCUT2D eigenvalue weighted by atomic mass is 10.1. The predicted molar refractivity (Wildman–Crippen MR) is 99.4 cm³/mol. The second-order valence-corrected chi connectivity index (χ2v) is 6.77. The molecular weight excluding hydrogens is 373 g/mol. The highest BCUT2D eigenvalue weighted by molar-refractivity contribution is 7.16. The molecule has 1 amide bonds. The van der Waals surface area contributed by atoms with Crippen molar-refractivity contribution >= 4 is 33.1 Å². The number of benzene rings is 2. The zero-order valence-electron chi connectivity index (χ0n) is 14.6. The predicted octanol–water partition coefficient (Wildman–Crippen LogP) is 3.45. The summed E-state index contributed by atoms with van der Waals surface area (Å²) in [7, 11) is 1.56. The van der Waals surface area contributed by atoms with E-state index in [1.165, 1.54) is 48.6 Å². The minimum absolute atomic E-state index is 0.137. The van der Waals surface area contributed by atoms with Gasteiger partial charge in [-0.3, -0.25) is 14.9 Å². The van der Waals surface area contributed by atoms with Crippen LogP contribution in [-0.2, 0) is 11.3 Å². The zero-order valence-corrected chi connectivity index (χ0v) is 15.5. The summed E-state index contributed by atoms with van der Waals surface area (Å²) in [5.74, 6) is -0.968. The molecule has 0 aliphatic heterocycles. The van der Waals surface area contributed by atoms with Crippen molar-refractivity contribution in [3.05, 3.63) is 68.3 Å². The van der Waals surface area contributed by atoms with E-state index in [0.717, 1.165) is 5.52 Å². The molecule has 0 unspecified atom stereocenters. The molecule has 0 saturated carbocycles. The maximum absolute atomic E-state index is 13.5. The lowest BCUT2D eigenvalue weighted by molar-refractivity contribution is -0.385. The number of aromatic nitrogens is 1. The molecule has 7 nitrogen and oxygen atoms in total. The summed E-state index contributed by atoms with van der Waals surface area (Å²) < 4.78 is 21.1. The first kappa shape index (κ1) is 18.9. The molecule has 1 heterocycles. The number of ether oxygens (including phenoxy) is 1. The van der Waals surface area contributed by atoms with Crippen molar-refractivity contribution in [3.63, 3.8) is 0 Å². The van der Waals surface area contributed by atoms with Gasteiger partial charge < -0.3 is 9.30 Å². The van der Waals surface area contributed by atoms with Gasteiger partial charge in [-0.15, -0.1) is 0 Å². The third-order valence-electron chi connectivity index (χ3n) is 4.09. The van der Waals surface area contributed by atoms with E-state index >= 15 is 0 Å². The van der Waals surface area contributed by atoms with Gasteiger partial charge in [0.1, 0.15) is 5.82 Å². The Labute approximate surface area is 157 Å². The number of halogens is 1. The normalized spacial score (nSPS) is 11.9. The first-order valence-electron chi connectivity index (χ1n) is 8.03. The molecule has 9 heteroatoms. The Bertz CT molecular complexity index is 1100. The zero-order chi connectivity index (χ0) is 19.6.